The number of aromatic amines is 1. The largest absolute Gasteiger partial charge is 0.385 e. The molecular formula is C27H30N2O7. The molecule has 0 amide bonds. The lowest BCUT2D eigenvalue weighted by molar-refractivity contribution is -0.255. The molecule has 2 aromatic carbocycles. The molecule has 0 radical (unpaired) electrons. The number of H-pyrrole nitrogens is 1. The van der Waals surface area contributed by atoms with E-state index in [-0.39, 0.29) is 19.8 Å². The van der Waals surface area contributed by atoms with Crippen molar-refractivity contribution in [2.45, 2.75) is 50.1 Å². The number of hydrogen-bond donors (Lipinski definition) is 2. The number of hydrogen-bond acceptors (Lipinski definition) is 7. The molecule has 0 saturated carbocycles. The quantitative estimate of drug-likeness (QED) is 0.493. The van der Waals surface area contributed by atoms with Crippen molar-refractivity contribution in [3.63, 3.8) is 0 Å². The summed E-state index contributed by atoms with van der Waals surface area (Å²) in [4.78, 5) is 27.0. The first-order valence-corrected chi connectivity index (χ1v) is 12.0. The normalized spacial score (nSPS) is 27.6. The second-order valence-electron chi connectivity index (χ2n) is 9.37. The van der Waals surface area contributed by atoms with E-state index in [9.17, 15) is 14.7 Å². The standard InChI is InChI=1S/C27H30N2O7/c1-19-14-29(25(32)28-23(19)31)24-22(30)27(35-16-21-10-6-3-7-11-21)12-13-33-17-26(27,36-24)18-34-15-20-8-4-2-5-9-20/h2-11,14,22,24,30H,12-13,15-18H2,1H3,(H,28,31,32)/t22-,24-,26-,27+/m1/s1. The van der Waals surface area contributed by atoms with Crippen LogP contribution in [0.5, 0.6) is 0 Å². The summed E-state index contributed by atoms with van der Waals surface area (Å²) in [5.41, 5.74) is -1.32. The third kappa shape index (κ3) is 4.44. The summed E-state index contributed by atoms with van der Waals surface area (Å²) in [6, 6.07) is 19.4. The molecule has 0 unspecified atom stereocenters. The van der Waals surface area contributed by atoms with E-state index in [1.165, 1.54) is 10.8 Å². The number of aliphatic hydroxyl groups excluding tert-OH is 1. The van der Waals surface area contributed by atoms with E-state index >= 15 is 0 Å². The number of benzene rings is 2. The Hall–Kier alpha value is -3.08. The zero-order valence-corrected chi connectivity index (χ0v) is 20.1. The fourth-order valence-electron chi connectivity index (χ4n) is 5.05. The molecule has 4 atom stereocenters. The fourth-order valence-corrected chi connectivity index (χ4v) is 5.05. The molecule has 3 aromatic rings. The van der Waals surface area contributed by atoms with Gasteiger partial charge in [0.15, 0.2) is 6.23 Å². The molecule has 5 rings (SSSR count). The number of nitrogens with one attached hydrogen (secondary N) is 1. The summed E-state index contributed by atoms with van der Waals surface area (Å²) in [5.74, 6) is 0. The Morgan fingerprint density at radius 1 is 1.06 bits per heavy atom. The van der Waals surface area contributed by atoms with Gasteiger partial charge >= 0.3 is 5.69 Å². The van der Waals surface area contributed by atoms with Crippen molar-refractivity contribution in [2.75, 3.05) is 19.8 Å². The zero-order chi connectivity index (χ0) is 25.2. The van der Waals surface area contributed by atoms with E-state index in [1.54, 1.807) is 6.92 Å². The van der Waals surface area contributed by atoms with Gasteiger partial charge in [0.25, 0.3) is 5.56 Å². The molecule has 0 aliphatic carbocycles. The van der Waals surface area contributed by atoms with E-state index in [0.717, 1.165) is 11.1 Å². The van der Waals surface area contributed by atoms with Crippen molar-refractivity contribution in [2.24, 2.45) is 0 Å². The maximum atomic E-state index is 12.7. The van der Waals surface area contributed by atoms with Crippen molar-refractivity contribution >= 4 is 0 Å². The number of nitrogens with zero attached hydrogens (tertiary/aromatic N) is 1. The molecule has 2 fully saturated rings. The minimum Gasteiger partial charge on any atom is -0.385 e. The highest BCUT2D eigenvalue weighted by Crippen LogP contribution is 2.51. The Labute approximate surface area is 208 Å². The lowest BCUT2D eigenvalue weighted by Gasteiger charge is -2.47. The topological polar surface area (TPSA) is 112 Å². The SMILES string of the molecule is Cc1cn([C@@H]2O[C@@]3(COCc4ccccc4)COCC[C@]3(OCc3ccccc3)[C@@H]2O)c(=O)[nH]c1=O. The van der Waals surface area contributed by atoms with Gasteiger partial charge in [0.2, 0.25) is 0 Å². The van der Waals surface area contributed by atoms with Crippen molar-refractivity contribution in [1.82, 2.24) is 9.55 Å². The molecule has 9 heteroatoms. The highest BCUT2D eigenvalue weighted by molar-refractivity contribution is 5.19. The number of aliphatic hydroxyl groups is 1. The summed E-state index contributed by atoms with van der Waals surface area (Å²) in [7, 11) is 0. The lowest BCUT2D eigenvalue weighted by atomic mass is 9.77. The second kappa shape index (κ2) is 10.1. The summed E-state index contributed by atoms with van der Waals surface area (Å²) < 4.78 is 26.1. The van der Waals surface area contributed by atoms with Crippen LogP contribution in [0.25, 0.3) is 0 Å². The van der Waals surface area contributed by atoms with Gasteiger partial charge in [-0.2, -0.15) is 0 Å². The monoisotopic (exact) mass is 494 g/mol. The minimum atomic E-state index is -1.23. The number of fused-ring (bicyclic) bond motifs is 1. The highest BCUT2D eigenvalue weighted by Gasteiger charge is 2.68. The Morgan fingerprint density at radius 2 is 1.72 bits per heavy atom. The second-order valence-corrected chi connectivity index (χ2v) is 9.37. The fraction of sp³-hybridized carbons (Fsp3) is 0.407. The van der Waals surface area contributed by atoms with Crippen LogP contribution >= 0.6 is 0 Å². The molecule has 190 valence electrons. The molecule has 2 aliphatic rings. The first-order chi connectivity index (χ1) is 17.4. The Morgan fingerprint density at radius 3 is 2.42 bits per heavy atom. The number of ether oxygens (including phenoxy) is 4. The van der Waals surface area contributed by atoms with Crippen LogP contribution in [0, 0.1) is 6.92 Å². The summed E-state index contributed by atoms with van der Waals surface area (Å²) in [5, 5.41) is 11.7. The first kappa shape index (κ1) is 24.6. The van der Waals surface area contributed by atoms with Gasteiger partial charge in [-0.25, -0.2) is 4.79 Å². The van der Waals surface area contributed by atoms with Crippen LogP contribution in [-0.4, -0.2) is 51.8 Å². The number of aryl methyl sites for hydroxylation is 1. The van der Waals surface area contributed by atoms with Gasteiger partial charge < -0.3 is 24.1 Å². The molecule has 2 N–H and O–H groups in total. The average molecular weight is 495 g/mol. The molecular weight excluding hydrogens is 464 g/mol. The molecule has 3 heterocycles. The molecule has 1 aromatic heterocycles. The maximum absolute atomic E-state index is 12.7. The van der Waals surface area contributed by atoms with Crippen molar-refractivity contribution in [1.29, 1.82) is 0 Å². The smallest absolute Gasteiger partial charge is 0.330 e. The third-order valence-corrected chi connectivity index (χ3v) is 7.02. The maximum Gasteiger partial charge on any atom is 0.330 e. The van der Waals surface area contributed by atoms with Gasteiger partial charge in [-0.05, 0) is 18.1 Å². The van der Waals surface area contributed by atoms with Gasteiger partial charge in [-0.3, -0.25) is 14.3 Å². The van der Waals surface area contributed by atoms with E-state index in [2.05, 4.69) is 4.98 Å². The van der Waals surface area contributed by atoms with Crippen LogP contribution in [-0.2, 0) is 32.2 Å². The van der Waals surface area contributed by atoms with E-state index in [1.807, 2.05) is 60.7 Å². The van der Waals surface area contributed by atoms with Gasteiger partial charge in [0.1, 0.15) is 17.3 Å². The van der Waals surface area contributed by atoms with Gasteiger partial charge in [-0.15, -0.1) is 0 Å². The van der Waals surface area contributed by atoms with Crippen LogP contribution in [0.4, 0.5) is 0 Å². The van der Waals surface area contributed by atoms with Crippen molar-refractivity contribution in [3.8, 4) is 0 Å². The Bertz CT molecular complexity index is 1290. The van der Waals surface area contributed by atoms with E-state index < -0.39 is 34.8 Å². The van der Waals surface area contributed by atoms with Gasteiger partial charge in [0.05, 0.1) is 26.4 Å². The molecule has 0 spiro atoms. The van der Waals surface area contributed by atoms with Gasteiger partial charge in [0, 0.05) is 24.8 Å². The lowest BCUT2D eigenvalue weighted by Crippen LogP contribution is -2.65. The van der Waals surface area contributed by atoms with Crippen molar-refractivity contribution in [3.05, 3.63) is 104 Å². The molecule has 0 bridgehead atoms. The number of rotatable bonds is 8. The average Bonchev–Trinajstić information content (AvgIpc) is 3.15. The first-order valence-electron chi connectivity index (χ1n) is 12.0. The van der Waals surface area contributed by atoms with Crippen LogP contribution in [0.15, 0.2) is 76.4 Å². The third-order valence-electron chi connectivity index (χ3n) is 7.02. The summed E-state index contributed by atoms with van der Waals surface area (Å²) >= 11 is 0. The van der Waals surface area contributed by atoms with Crippen LogP contribution in [0.1, 0.15) is 29.3 Å². The van der Waals surface area contributed by atoms with E-state index in [0.29, 0.717) is 25.2 Å². The van der Waals surface area contributed by atoms with Crippen LogP contribution in [0.2, 0.25) is 0 Å². The molecule has 36 heavy (non-hydrogen) atoms. The highest BCUT2D eigenvalue weighted by atomic mass is 16.6. The van der Waals surface area contributed by atoms with Crippen LogP contribution < -0.4 is 11.2 Å². The predicted molar refractivity (Wildman–Crippen MR) is 130 cm³/mol. The molecule has 2 saturated heterocycles. The van der Waals surface area contributed by atoms with Gasteiger partial charge in [-0.1, -0.05) is 60.7 Å². The predicted octanol–water partition coefficient (Wildman–Crippen LogP) is 2.07. The van der Waals surface area contributed by atoms with E-state index in [4.69, 9.17) is 18.9 Å². The zero-order valence-electron chi connectivity index (χ0n) is 20.1. The van der Waals surface area contributed by atoms with Crippen LogP contribution in [0.3, 0.4) is 0 Å². The Balaban J connectivity index is 1.50. The molecule has 9 nitrogen and oxygen atoms in total. The molecule has 2 aliphatic heterocycles. The number of aromatic nitrogens is 2. The minimum absolute atomic E-state index is 0.0708. The summed E-state index contributed by atoms with van der Waals surface area (Å²) in [6.45, 7) is 2.68. The summed E-state index contributed by atoms with van der Waals surface area (Å²) in [6.07, 6.45) is -0.598. The Kier molecular flexibility index (Phi) is 6.92. The van der Waals surface area contributed by atoms with Crippen molar-refractivity contribution < 1.29 is 24.1 Å².